The molecule has 3 aromatic rings. The minimum absolute atomic E-state index is 0.140. The van der Waals surface area contributed by atoms with Gasteiger partial charge < -0.3 is 14.2 Å². The van der Waals surface area contributed by atoms with Gasteiger partial charge in [-0.05, 0) is 85.5 Å². The molecule has 4 nitrogen and oxygen atoms in total. The summed E-state index contributed by atoms with van der Waals surface area (Å²) in [5.74, 6) is -7.16. The Balaban J connectivity index is 1.22. The van der Waals surface area contributed by atoms with Crippen LogP contribution in [0, 0.1) is 52.3 Å². The van der Waals surface area contributed by atoms with Crippen LogP contribution in [0.1, 0.15) is 80.9 Å². The number of ether oxygens (including phenoxy) is 3. The van der Waals surface area contributed by atoms with Crippen LogP contribution in [0.2, 0.25) is 0 Å². The topological polar surface area (TPSA) is 51.5 Å². The second kappa shape index (κ2) is 14.4. The number of nitriles is 1. The molecule has 246 valence electrons. The largest absolute Gasteiger partial charge is 0.432 e. The molecule has 5 rings (SSSR count). The second-order valence-corrected chi connectivity index (χ2v) is 12.1. The maximum absolute atomic E-state index is 15.1. The molecule has 3 aromatic carbocycles. The zero-order chi connectivity index (χ0) is 33.0. The Morgan fingerprint density at radius 1 is 0.826 bits per heavy atom. The summed E-state index contributed by atoms with van der Waals surface area (Å²) in [6.45, 7) is 3.46. The van der Waals surface area contributed by atoms with Crippen molar-refractivity contribution >= 4 is 0 Å². The van der Waals surface area contributed by atoms with Gasteiger partial charge in [-0.3, -0.25) is 0 Å². The van der Waals surface area contributed by atoms with Crippen LogP contribution in [-0.2, 0) is 15.6 Å². The first-order chi connectivity index (χ1) is 22.0. The quantitative estimate of drug-likeness (QED) is 0.162. The summed E-state index contributed by atoms with van der Waals surface area (Å²) in [6.07, 6.45) is 2.27. The summed E-state index contributed by atoms with van der Waals surface area (Å²) in [6, 6.07) is 6.84. The maximum Gasteiger partial charge on any atom is 0.432 e. The second-order valence-electron chi connectivity index (χ2n) is 12.1. The van der Waals surface area contributed by atoms with Crippen molar-refractivity contribution in [3.63, 3.8) is 0 Å². The number of nitrogens with zero attached hydrogens (tertiary/aromatic N) is 1. The molecule has 0 unspecified atom stereocenters. The minimum atomic E-state index is -4.52. The zero-order valence-electron chi connectivity index (χ0n) is 25.2. The van der Waals surface area contributed by atoms with Crippen LogP contribution < -0.4 is 4.74 Å². The highest BCUT2D eigenvalue weighted by Gasteiger charge is 2.42. The first-order valence-electron chi connectivity index (χ1n) is 15.5. The molecule has 1 saturated heterocycles. The minimum Gasteiger partial charge on any atom is -0.429 e. The molecule has 46 heavy (non-hydrogen) atoms. The molecular formula is C35H34F7NO3. The molecular weight excluding hydrogens is 615 g/mol. The summed E-state index contributed by atoms with van der Waals surface area (Å²) < 4.78 is 120. The average molecular weight is 650 g/mol. The van der Waals surface area contributed by atoms with Crippen LogP contribution >= 0.6 is 0 Å². The van der Waals surface area contributed by atoms with Gasteiger partial charge in [-0.15, -0.1) is 0 Å². The number of hydrogen-bond acceptors (Lipinski definition) is 4. The van der Waals surface area contributed by atoms with E-state index in [9.17, 15) is 13.2 Å². The van der Waals surface area contributed by atoms with Gasteiger partial charge in [-0.1, -0.05) is 26.2 Å². The molecule has 1 saturated carbocycles. The van der Waals surface area contributed by atoms with E-state index in [0.717, 1.165) is 55.7 Å². The number of benzene rings is 3. The van der Waals surface area contributed by atoms with Crippen molar-refractivity contribution in [1.29, 1.82) is 5.26 Å². The molecule has 0 radical (unpaired) electrons. The number of alkyl halides is 2. The molecule has 0 aromatic heterocycles. The highest BCUT2D eigenvalue weighted by molar-refractivity contribution is 5.66. The molecule has 0 atom stereocenters. The highest BCUT2D eigenvalue weighted by atomic mass is 19.3. The molecule has 1 heterocycles. The van der Waals surface area contributed by atoms with E-state index in [1.54, 1.807) is 0 Å². The van der Waals surface area contributed by atoms with E-state index in [1.165, 1.54) is 12.5 Å². The van der Waals surface area contributed by atoms with E-state index in [4.69, 9.17) is 14.7 Å². The van der Waals surface area contributed by atoms with Crippen LogP contribution in [0.3, 0.4) is 0 Å². The van der Waals surface area contributed by atoms with Crippen molar-refractivity contribution in [3.8, 4) is 22.9 Å². The Labute approximate surface area is 263 Å². The smallest absolute Gasteiger partial charge is 0.429 e. The SMILES string of the molecule is CCCCCC1COC(C2CCC(c3cc(F)c(C(F)(F)Oc4ccc(-c5cc(F)c(C#N)c(F)c5)c(F)c4)c(F)c3)CC2)OC1. The number of rotatable bonds is 10. The van der Waals surface area contributed by atoms with Crippen LogP contribution in [0.25, 0.3) is 11.1 Å². The van der Waals surface area contributed by atoms with Crippen LogP contribution in [0.15, 0.2) is 42.5 Å². The van der Waals surface area contributed by atoms with Crippen LogP contribution in [0.4, 0.5) is 30.7 Å². The van der Waals surface area contributed by atoms with E-state index in [1.807, 2.05) is 0 Å². The molecule has 0 spiro atoms. The van der Waals surface area contributed by atoms with Gasteiger partial charge in [-0.2, -0.15) is 14.0 Å². The first-order valence-corrected chi connectivity index (χ1v) is 15.5. The molecule has 0 N–H and O–H groups in total. The Hall–Kier alpha value is -3.62. The number of unbranched alkanes of at least 4 members (excludes halogenated alkanes) is 2. The van der Waals surface area contributed by atoms with Gasteiger partial charge in [0.05, 0.1) is 13.2 Å². The van der Waals surface area contributed by atoms with Crippen molar-refractivity contribution in [2.45, 2.75) is 76.6 Å². The summed E-state index contributed by atoms with van der Waals surface area (Å²) in [7, 11) is 0. The Morgan fingerprint density at radius 2 is 1.46 bits per heavy atom. The molecule has 0 bridgehead atoms. The Bertz CT molecular complexity index is 1530. The first kappa shape index (κ1) is 33.7. The molecule has 1 aliphatic heterocycles. The standard InChI is InChI=1S/C35H34F7NO3/c1-2-3-4-5-20-18-44-34(45-19-20)22-8-6-21(7-9-22)23-12-31(39)33(32(40)13-23)35(41,42)46-25-10-11-26(30(38)16-25)24-14-28(36)27(17-43)29(37)15-24/h10-16,20-22,34H,2-9,18-19H2,1H3. The summed E-state index contributed by atoms with van der Waals surface area (Å²) in [5, 5.41) is 8.81. The maximum atomic E-state index is 15.1. The average Bonchev–Trinajstić information content (AvgIpc) is 3.01. The van der Waals surface area contributed by atoms with Gasteiger partial charge in [0, 0.05) is 23.5 Å². The van der Waals surface area contributed by atoms with Crippen LogP contribution in [-0.4, -0.2) is 19.5 Å². The van der Waals surface area contributed by atoms with Crippen molar-refractivity contribution < 1.29 is 44.9 Å². The van der Waals surface area contributed by atoms with Gasteiger partial charge in [0.1, 0.15) is 52.0 Å². The zero-order valence-corrected chi connectivity index (χ0v) is 25.2. The van der Waals surface area contributed by atoms with Crippen molar-refractivity contribution in [3.05, 3.63) is 88.2 Å². The summed E-state index contributed by atoms with van der Waals surface area (Å²) in [5.41, 5.74) is -2.89. The van der Waals surface area contributed by atoms with Gasteiger partial charge in [-0.25, -0.2) is 22.0 Å². The van der Waals surface area contributed by atoms with Crippen molar-refractivity contribution in [2.75, 3.05) is 13.2 Å². The van der Waals surface area contributed by atoms with E-state index in [-0.39, 0.29) is 34.8 Å². The fourth-order valence-corrected chi connectivity index (χ4v) is 6.34. The highest BCUT2D eigenvalue weighted by Crippen LogP contribution is 2.42. The third-order valence-electron chi connectivity index (χ3n) is 8.84. The molecule has 1 aliphatic carbocycles. The predicted molar refractivity (Wildman–Crippen MR) is 155 cm³/mol. The fourth-order valence-electron chi connectivity index (χ4n) is 6.34. The number of halogens is 7. The lowest BCUT2D eigenvalue weighted by Crippen LogP contribution is -2.38. The van der Waals surface area contributed by atoms with Crippen molar-refractivity contribution in [1.82, 2.24) is 0 Å². The number of hydrogen-bond donors (Lipinski definition) is 0. The molecule has 11 heteroatoms. The van der Waals surface area contributed by atoms with Crippen LogP contribution in [0.5, 0.6) is 5.75 Å². The Kier molecular flexibility index (Phi) is 10.6. The fraction of sp³-hybridized carbons (Fsp3) is 0.457. The molecule has 2 aliphatic rings. The van der Waals surface area contributed by atoms with E-state index in [2.05, 4.69) is 11.7 Å². The van der Waals surface area contributed by atoms with Gasteiger partial charge in [0.25, 0.3) is 0 Å². The monoisotopic (exact) mass is 649 g/mol. The van der Waals surface area contributed by atoms with E-state index in [0.29, 0.717) is 50.9 Å². The van der Waals surface area contributed by atoms with Gasteiger partial charge >= 0.3 is 6.11 Å². The lowest BCUT2D eigenvalue weighted by atomic mass is 9.78. The summed E-state index contributed by atoms with van der Waals surface area (Å²) >= 11 is 0. The summed E-state index contributed by atoms with van der Waals surface area (Å²) in [4.78, 5) is 0. The predicted octanol–water partition coefficient (Wildman–Crippen LogP) is 9.89. The molecule has 2 fully saturated rings. The lowest BCUT2D eigenvalue weighted by molar-refractivity contribution is -0.229. The van der Waals surface area contributed by atoms with Crippen molar-refractivity contribution in [2.24, 2.45) is 11.8 Å². The third-order valence-corrected chi connectivity index (χ3v) is 8.84. The normalized spacial score (nSPS) is 22.0. The van der Waals surface area contributed by atoms with E-state index < -0.39 is 52.1 Å². The molecule has 0 amide bonds. The van der Waals surface area contributed by atoms with E-state index >= 15 is 17.6 Å². The van der Waals surface area contributed by atoms with Gasteiger partial charge in [0.15, 0.2) is 6.29 Å². The Morgan fingerprint density at radius 3 is 2.02 bits per heavy atom. The lowest BCUT2D eigenvalue weighted by Gasteiger charge is -2.37. The third kappa shape index (κ3) is 7.50. The van der Waals surface area contributed by atoms with Gasteiger partial charge in [0.2, 0.25) is 0 Å².